The van der Waals surface area contributed by atoms with Gasteiger partial charge in [0.1, 0.15) is 5.75 Å². The molecule has 0 saturated heterocycles. The number of nitrogens with two attached hydrogens (primary N) is 1. The van der Waals surface area contributed by atoms with Gasteiger partial charge in [-0.15, -0.1) is 0 Å². The molecule has 0 amide bonds. The van der Waals surface area contributed by atoms with Crippen LogP contribution in [0.1, 0.15) is 23.1 Å². The molecule has 1 heterocycles. The Morgan fingerprint density at radius 2 is 1.95 bits per heavy atom. The molecule has 1 aliphatic heterocycles. The van der Waals surface area contributed by atoms with E-state index in [4.69, 9.17) is 10.5 Å². The van der Waals surface area contributed by atoms with E-state index in [1.807, 2.05) is 12.1 Å². The molecule has 0 aliphatic carbocycles. The summed E-state index contributed by atoms with van der Waals surface area (Å²) >= 11 is 0. The monoisotopic (exact) mass is 282 g/mol. The molecule has 0 saturated carbocycles. The molecule has 3 rings (SSSR count). The minimum atomic E-state index is 0.747. The molecule has 2 aromatic carbocycles. The van der Waals surface area contributed by atoms with E-state index in [0.717, 1.165) is 31.1 Å². The number of aryl methyl sites for hydroxylation is 1. The molecule has 0 aromatic heterocycles. The van der Waals surface area contributed by atoms with Gasteiger partial charge in [-0.3, -0.25) is 4.90 Å². The Morgan fingerprint density at radius 3 is 2.76 bits per heavy atom. The molecule has 0 atom stereocenters. The molecule has 1 aliphatic rings. The number of benzene rings is 2. The van der Waals surface area contributed by atoms with Crippen LogP contribution in [0.15, 0.2) is 42.5 Å². The number of fused-ring (bicyclic) bond motifs is 1. The fourth-order valence-corrected chi connectivity index (χ4v) is 3.04. The van der Waals surface area contributed by atoms with Crippen molar-refractivity contribution in [1.82, 2.24) is 4.90 Å². The highest BCUT2D eigenvalue weighted by Crippen LogP contribution is 2.25. The first-order chi connectivity index (χ1) is 10.3. The van der Waals surface area contributed by atoms with Gasteiger partial charge in [-0.2, -0.15) is 0 Å². The molecule has 3 heteroatoms. The molecule has 2 aromatic rings. The molecule has 0 spiro atoms. The van der Waals surface area contributed by atoms with Gasteiger partial charge in [0.05, 0.1) is 7.11 Å². The molecule has 21 heavy (non-hydrogen) atoms. The number of methoxy groups -OCH3 is 1. The molecule has 3 nitrogen and oxygen atoms in total. The normalized spacial score (nSPS) is 15.3. The second-order valence-corrected chi connectivity index (χ2v) is 5.65. The molecule has 0 radical (unpaired) electrons. The van der Waals surface area contributed by atoms with E-state index in [1.54, 1.807) is 7.11 Å². The maximum atomic E-state index is 5.83. The summed E-state index contributed by atoms with van der Waals surface area (Å²) in [7, 11) is 1.70. The topological polar surface area (TPSA) is 38.5 Å². The van der Waals surface area contributed by atoms with Crippen LogP contribution in [0.5, 0.6) is 5.75 Å². The summed E-state index contributed by atoms with van der Waals surface area (Å²) in [6.45, 7) is 3.02. The molecule has 0 fully saturated rings. The first kappa shape index (κ1) is 14.0. The third-order valence-electron chi connectivity index (χ3n) is 4.14. The van der Waals surface area contributed by atoms with Gasteiger partial charge in [0.15, 0.2) is 0 Å². The van der Waals surface area contributed by atoms with E-state index in [2.05, 4.69) is 35.2 Å². The van der Waals surface area contributed by atoms with Gasteiger partial charge < -0.3 is 10.5 Å². The summed E-state index contributed by atoms with van der Waals surface area (Å²) in [4.78, 5) is 2.49. The minimum Gasteiger partial charge on any atom is -0.496 e. The maximum absolute atomic E-state index is 5.83. The van der Waals surface area contributed by atoms with E-state index in [0.29, 0.717) is 0 Å². The van der Waals surface area contributed by atoms with Gasteiger partial charge in [0, 0.05) is 30.4 Å². The average molecular weight is 282 g/mol. The molecule has 2 N–H and O–H groups in total. The fourth-order valence-electron chi connectivity index (χ4n) is 3.04. The summed E-state index contributed by atoms with van der Waals surface area (Å²) < 4.78 is 5.46. The number of nitrogen functional groups attached to an aromatic ring is 1. The zero-order valence-corrected chi connectivity index (χ0v) is 12.5. The van der Waals surface area contributed by atoms with Crippen molar-refractivity contribution in [3.63, 3.8) is 0 Å². The van der Waals surface area contributed by atoms with Crippen LogP contribution in [0.25, 0.3) is 0 Å². The second-order valence-electron chi connectivity index (χ2n) is 5.65. The Morgan fingerprint density at radius 1 is 1.14 bits per heavy atom. The second kappa shape index (κ2) is 6.19. The lowest BCUT2D eigenvalue weighted by atomic mass is 10.0. The average Bonchev–Trinajstić information content (AvgIpc) is 2.70. The standard InChI is InChI=1S/C18H22N2O/c1-21-18-11-17(19)9-8-16(18)13-20-10-4-7-14-5-2-3-6-15(14)12-20/h2-3,5-6,8-9,11H,4,7,10,12-13,19H2,1H3. The van der Waals surface area contributed by atoms with Crippen molar-refractivity contribution in [3.05, 3.63) is 59.2 Å². The van der Waals surface area contributed by atoms with Crippen molar-refractivity contribution in [2.45, 2.75) is 25.9 Å². The SMILES string of the molecule is COc1cc(N)ccc1CN1CCCc2ccccc2C1. The predicted octanol–water partition coefficient (Wildman–Crippen LogP) is 3.23. The van der Waals surface area contributed by atoms with Gasteiger partial charge >= 0.3 is 0 Å². The Labute approximate surface area is 126 Å². The molecule has 0 unspecified atom stereocenters. The maximum Gasteiger partial charge on any atom is 0.125 e. The zero-order chi connectivity index (χ0) is 14.7. The third kappa shape index (κ3) is 3.19. The Kier molecular flexibility index (Phi) is 4.11. The number of nitrogens with zero attached hydrogens (tertiary/aromatic N) is 1. The number of hydrogen-bond donors (Lipinski definition) is 1. The third-order valence-corrected chi connectivity index (χ3v) is 4.14. The number of hydrogen-bond acceptors (Lipinski definition) is 3. The number of rotatable bonds is 3. The smallest absolute Gasteiger partial charge is 0.125 e. The van der Waals surface area contributed by atoms with Crippen LogP contribution in [-0.2, 0) is 19.5 Å². The lowest BCUT2D eigenvalue weighted by molar-refractivity contribution is 0.256. The summed E-state index contributed by atoms with van der Waals surface area (Å²) in [6, 6.07) is 14.7. The van der Waals surface area contributed by atoms with E-state index < -0.39 is 0 Å². The van der Waals surface area contributed by atoms with E-state index >= 15 is 0 Å². The van der Waals surface area contributed by atoms with Gasteiger partial charge in [0.2, 0.25) is 0 Å². The van der Waals surface area contributed by atoms with Crippen LogP contribution < -0.4 is 10.5 Å². The number of anilines is 1. The minimum absolute atomic E-state index is 0.747. The molecule has 110 valence electrons. The first-order valence-electron chi connectivity index (χ1n) is 7.48. The summed E-state index contributed by atoms with van der Waals surface area (Å²) in [6.07, 6.45) is 2.37. The van der Waals surface area contributed by atoms with Crippen LogP contribution in [0.2, 0.25) is 0 Å². The van der Waals surface area contributed by atoms with Crippen LogP contribution in [0.4, 0.5) is 5.69 Å². The summed E-state index contributed by atoms with van der Waals surface area (Å²) in [5.74, 6) is 0.882. The van der Waals surface area contributed by atoms with Crippen molar-refractivity contribution < 1.29 is 4.74 Å². The zero-order valence-electron chi connectivity index (χ0n) is 12.5. The van der Waals surface area contributed by atoms with Crippen molar-refractivity contribution in [2.24, 2.45) is 0 Å². The Hall–Kier alpha value is -2.00. The van der Waals surface area contributed by atoms with Gasteiger partial charge in [-0.25, -0.2) is 0 Å². The first-order valence-corrected chi connectivity index (χ1v) is 7.48. The van der Waals surface area contributed by atoms with Gasteiger partial charge in [0.25, 0.3) is 0 Å². The van der Waals surface area contributed by atoms with E-state index in [-0.39, 0.29) is 0 Å². The van der Waals surface area contributed by atoms with Crippen LogP contribution in [0, 0.1) is 0 Å². The Balaban J connectivity index is 1.79. The van der Waals surface area contributed by atoms with E-state index in [1.165, 1.54) is 29.5 Å². The van der Waals surface area contributed by atoms with Crippen molar-refractivity contribution in [3.8, 4) is 5.75 Å². The molecular formula is C18H22N2O. The van der Waals surface area contributed by atoms with Crippen molar-refractivity contribution in [2.75, 3.05) is 19.4 Å². The highest BCUT2D eigenvalue weighted by atomic mass is 16.5. The van der Waals surface area contributed by atoms with Gasteiger partial charge in [-0.1, -0.05) is 30.3 Å². The van der Waals surface area contributed by atoms with E-state index in [9.17, 15) is 0 Å². The molecule has 0 bridgehead atoms. The summed E-state index contributed by atoms with van der Waals surface area (Å²) in [5, 5.41) is 0. The van der Waals surface area contributed by atoms with Crippen LogP contribution >= 0.6 is 0 Å². The van der Waals surface area contributed by atoms with Crippen LogP contribution in [-0.4, -0.2) is 18.6 Å². The lowest BCUT2D eigenvalue weighted by Crippen LogP contribution is -2.23. The van der Waals surface area contributed by atoms with Crippen molar-refractivity contribution >= 4 is 5.69 Å². The highest BCUT2D eigenvalue weighted by molar-refractivity contribution is 5.48. The highest BCUT2D eigenvalue weighted by Gasteiger charge is 2.15. The fraction of sp³-hybridized carbons (Fsp3) is 0.333. The number of ether oxygens (including phenoxy) is 1. The summed E-state index contributed by atoms with van der Waals surface area (Å²) in [5.41, 5.74) is 10.7. The quantitative estimate of drug-likeness (QED) is 0.878. The van der Waals surface area contributed by atoms with Crippen molar-refractivity contribution in [1.29, 1.82) is 0 Å². The molecular weight excluding hydrogens is 260 g/mol. The lowest BCUT2D eigenvalue weighted by Gasteiger charge is -2.22. The Bertz CT molecular complexity index is 624. The van der Waals surface area contributed by atoms with Crippen LogP contribution in [0.3, 0.4) is 0 Å². The van der Waals surface area contributed by atoms with Gasteiger partial charge in [-0.05, 0) is 36.6 Å². The predicted molar refractivity (Wildman–Crippen MR) is 86.3 cm³/mol. The largest absolute Gasteiger partial charge is 0.496 e.